The summed E-state index contributed by atoms with van der Waals surface area (Å²) in [5.74, 6) is 0.0596. The third kappa shape index (κ3) is 3.46. The Morgan fingerprint density at radius 1 is 1.15 bits per heavy atom. The number of Topliss-reactive ketones (excluding diaryl/α,β-unsaturated/α-hetero) is 1. The van der Waals surface area contributed by atoms with E-state index in [0.717, 1.165) is 10.2 Å². The fourth-order valence-corrected chi connectivity index (χ4v) is 2.09. The molecule has 0 saturated carbocycles. The van der Waals surface area contributed by atoms with E-state index in [9.17, 15) is 4.79 Å². The number of carbonyl (C=O) groups is 1. The van der Waals surface area contributed by atoms with Gasteiger partial charge < -0.3 is 4.90 Å². The molecule has 0 heterocycles. The summed E-state index contributed by atoms with van der Waals surface area (Å²) in [6.45, 7) is 0.299. The minimum absolute atomic E-state index is 0.0596. The number of likely N-dealkylation sites (N-methyl/N-ethyl adjacent to an activating group) is 1. The Balaban J connectivity index is 2.06. The molecule has 2 aromatic carbocycles. The van der Waals surface area contributed by atoms with E-state index in [4.69, 9.17) is 5.26 Å². The van der Waals surface area contributed by atoms with Crippen molar-refractivity contribution in [3.63, 3.8) is 0 Å². The summed E-state index contributed by atoms with van der Waals surface area (Å²) in [4.78, 5) is 14.0. The molecule has 2 aromatic rings. The monoisotopic (exact) mass is 328 g/mol. The molecule has 2 rings (SSSR count). The summed E-state index contributed by atoms with van der Waals surface area (Å²) >= 11 is 3.35. The quantitative estimate of drug-likeness (QED) is 0.805. The van der Waals surface area contributed by atoms with E-state index < -0.39 is 0 Å². The molecule has 0 atom stereocenters. The Morgan fingerprint density at radius 2 is 1.75 bits per heavy atom. The molecule has 0 spiro atoms. The molecule has 100 valence electrons. The lowest BCUT2D eigenvalue weighted by Gasteiger charge is -2.18. The number of rotatable bonds is 4. The SMILES string of the molecule is CN(CC(=O)c1ccc(Br)cc1)c1ccc(C#N)cc1. The highest BCUT2D eigenvalue weighted by Gasteiger charge is 2.10. The van der Waals surface area contributed by atoms with E-state index in [0.29, 0.717) is 17.7 Å². The molecule has 0 fully saturated rings. The van der Waals surface area contributed by atoms with Crippen molar-refractivity contribution in [2.45, 2.75) is 0 Å². The Kier molecular flexibility index (Phi) is 4.54. The van der Waals surface area contributed by atoms with Gasteiger partial charge in [-0.25, -0.2) is 0 Å². The molecular formula is C16H13BrN2O. The molecule has 0 aliphatic carbocycles. The van der Waals surface area contributed by atoms with E-state index >= 15 is 0 Å². The molecule has 3 nitrogen and oxygen atoms in total. The second kappa shape index (κ2) is 6.36. The highest BCUT2D eigenvalue weighted by Crippen LogP contribution is 2.15. The van der Waals surface area contributed by atoms with Gasteiger partial charge in [-0.3, -0.25) is 4.79 Å². The first-order valence-electron chi connectivity index (χ1n) is 6.10. The van der Waals surface area contributed by atoms with Gasteiger partial charge in [-0.1, -0.05) is 28.1 Å². The predicted molar refractivity (Wildman–Crippen MR) is 82.9 cm³/mol. The van der Waals surface area contributed by atoms with E-state index in [1.807, 2.05) is 36.2 Å². The molecule has 0 N–H and O–H groups in total. The van der Waals surface area contributed by atoms with Crippen LogP contribution in [0.3, 0.4) is 0 Å². The van der Waals surface area contributed by atoms with Gasteiger partial charge in [0.1, 0.15) is 0 Å². The van der Waals surface area contributed by atoms with Gasteiger partial charge in [0, 0.05) is 22.8 Å². The van der Waals surface area contributed by atoms with Gasteiger partial charge in [0.2, 0.25) is 0 Å². The predicted octanol–water partition coefficient (Wildman–Crippen LogP) is 3.64. The number of nitrogens with zero attached hydrogens (tertiary/aromatic N) is 2. The summed E-state index contributed by atoms with van der Waals surface area (Å²) in [7, 11) is 1.86. The first-order valence-corrected chi connectivity index (χ1v) is 6.89. The standard InChI is InChI=1S/C16H13BrN2O/c1-19(15-8-2-12(10-18)3-9-15)11-16(20)13-4-6-14(17)7-5-13/h2-9H,11H2,1H3. The zero-order chi connectivity index (χ0) is 14.5. The maximum absolute atomic E-state index is 12.2. The van der Waals surface area contributed by atoms with E-state index in [-0.39, 0.29) is 5.78 Å². The largest absolute Gasteiger partial charge is 0.367 e. The fourth-order valence-electron chi connectivity index (χ4n) is 1.82. The van der Waals surface area contributed by atoms with Gasteiger partial charge in [0.25, 0.3) is 0 Å². The van der Waals surface area contributed by atoms with E-state index in [2.05, 4.69) is 22.0 Å². The zero-order valence-corrected chi connectivity index (χ0v) is 12.6. The highest BCUT2D eigenvalue weighted by molar-refractivity contribution is 9.10. The number of benzene rings is 2. The van der Waals surface area contributed by atoms with Crippen molar-refractivity contribution in [2.75, 3.05) is 18.5 Å². The molecular weight excluding hydrogens is 316 g/mol. The molecule has 0 aromatic heterocycles. The van der Waals surface area contributed by atoms with Crippen LogP contribution < -0.4 is 4.90 Å². The van der Waals surface area contributed by atoms with Gasteiger partial charge >= 0.3 is 0 Å². The summed E-state index contributed by atoms with van der Waals surface area (Å²) in [6.07, 6.45) is 0. The molecule has 0 bridgehead atoms. The van der Waals surface area contributed by atoms with Crippen LogP contribution in [0.4, 0.5) is 5.69 Å². The van der Waals surface area contributed by atoms with Crippen LogP contribution >= 0.6 is 15.9 Å². The maximum Gasteiger partial charge on any atom is 0.182 e. The van der Waals surface area contributed by atoms with Crippen molar-refractivity contribution in [1.82, 2.24) is 0 Å². The van der Waals surface area contributed by atoms with Gasteiger partial charge in [0.05, 0.1) is 18.2 Å². The van der Waals surface area contributed by atoms with Gasteiger partial charge in [-0.2, -0.15) is 5.26 Å². The number of nitriles is 1. The Labute approximate surface area is 126 Å². The summed E-state index contributed by atoms with van der Waals surface area (Å²) in [5.41, 5.74) is 2.21. The third-order valence-corrected chi connectivity index (χ3v) is 3.51. The van der Waals surface area contributed by atoms with E-state index in [1.54, 1.807) is 24.3 Å². The van der Waals surface area contributed by atoms with Gasteiger partial charge in [-0.15, -0.1) is 0 Å². The Bertz CT molecular complexity index is 642. The number of ketones is 1. The second-order valence-corrected chi connectivity index (χ2v) is 5.36. The topological polar surface area (TPSA) is 44.1 Å². The normalized spacial score (nSPS) is 9.85. The average molecular weight is 329 g/mol. The van der Waals surface area contributed by atoms with Crippen LogP contribution in [-0.4, -0.2) is 19.4 Å². The second-order valence-electron chi connectivity index (χ2n) is 4.44. The third-order valence-electron chi connectivity index (χ3n) is 2.98. The summed E-state index contributed by atoms with van der Waals surface area (Å²) < 4.78 is 0.953. The van der Waals surface area contributed by atoms with Crippen molar-refractivity contribution in [2.24, 2.45) is 0 Å². The molecule has 0 amide bonds. The lowest BCUT2D eigenvalue weighted by atomic mass is 10.1. The molecule has 0 saturated heterocycles. The minimum Gasteiger partial charge on any atom is -0.367 e. The van der Waals surface area contributed by atoms with Crippen LogP contribution in [-0.2, 0) is 0 Å². The van der Waals surface area contributed by atoms with Crippen LogP contribution in [0.15, 0.2) is 53.0 Å². The van der Waals surface area contributed by atoms with Crippen molar-refractivity contribution < 1.29 is 4.79 Å². The first-order chi connectivity index (χ1) is 9.60. The van der Waals surface area contributed by atoms with Crippen molar-refractivity contribution in [1.29, 1.82) is 5.26 Å². The average Bonchev–Trinajstić information content (AvgIpc) is 2.48. The summed E-state index contributed by atoms with van der Waals surface area (Å²) in [5, 5.41) is 8.76. The molecule has 4 heteroatoms. The van der Waals surface area contributed by atoms with Crippen LogP contribution in [0.5, 0.6) is 0 Å². The van der Waals surface area contributed by atoms with Gasteiger partial charge in [-0.05, 0) is 36.4 Å². The van der Waals surface area contributed by atoms with Crippen molar-refractivity contribution in [3.8, 4) is 6.07 Å². The molecule has 20 heavy (non-hydrogen) atoms. The van der Waals surface area contributed by atoms with Crippen molar-refractivity contribution in [3.05, 3.63) is 64.1 Å². The number of hydrogen-bond donors (Lipinski definition) is 0. The lowest BCUT2D eigenvalue weighted by molar-refractivity contribution is 0.100. The molecule has 0 aliphatic rings. The first kappa shape index (κ1) is 14.3. The minimum atomic E-state index is 0.0596. The number of hydrogen-bond acceptors (Lipinski definition) is 3. The maximum atomic E-state index is 12.2. The lowest BCUT2D eigenvalue weighted by Crippen LogP contribution is -2.25. The number of anilines is 1. The highest BCUT2D eigenvalue weighted by atomic mass is 79.9. The summed E-state index contributed by atoms with van der Waals surface area (Å²) in [6, 6.07) is 16.6. The fraction of sp³-hybridized carbons (Fsp3) is 0.125. The molecule has 0 aliphatic heterocycles. The smallest absolute Gasteiger partial charge is 0.182 e. The number of halogens is 1. The van der Waals surface area contributed by atoms with Crippen LogP contribution in [0.25, 0.3) is 0 Å². The number of carbonyl (C=O) groups excluding carboxylic acids is 1. The van der Waals surface area contributed by atoms with Gasteiger partial charge in [0.15, 0.2) is 5.78 Å². The van der Waals surface area contributed by atoms with Crippen LogP contribution in [0, 0.1) is 11.3 Å². The van der Waals surface area contributed by atoms with Crippen LogP contribution in [0.2, 0.25) is 0 Å². The zero-order valence-electron chi connectivity index (χ0n) is 11.0. The Morgan fingerprint density at radius 3 is 2.30 bits per heavy atom. The van der Waals surface area contributed by atoms with Crippen LogP contribution in [0.1, 0.15) is 15.9 Å². The molecule has 0 unspecified atom stereocenters. The van der Waals surface area contributed by atoms with E-state index in [1.165, 1.54) is 0 Å². The van der Waals surface area contributed by atoms with Crippen molar-refractivity contribution >= 4 is 27.4 Å². The Hall–Kier alpha value is -2.12. The molecule has 0 radical (unpaired) electrons.